The predicted molar refractivity (Wildman–Crippen MR) is 129 cm³/mol. The lowest BCUT2D eigenvalue weighted by Crippen LogP contribution is -2.22. The standard InChI is InChI=1S/C25H18BrN3O2S/c1-14-7-3-5-9-18(14)28-25-29(20-10-6-4-8-15(20)2)24(31)22(32-25)21-17-13-16(26)11-12-19(17)27-23(21)30/h3-13,31H,1-2H3. The maximum Gasteiger partial charge on any atom is 0.279 e. The fraction of sp³-hybridized carbons (Fsp3) is 0.0800. The van der Waals surface area contributed by atoms with Crippen LogP contribution >= 0.6 is 27.3 Å². The zero-order chi connectivity index (χ0) is 22.4. The highest BCUT2D eigenvalue weighted by molar-refractivity contribution is 9.10. The molecule has 7 heteroatoms. The molecule has 0 saturated heterocycles. The molecule has 0 radical (unpaired) electrons. The van der Waals surface area contributed by atoms with Crippen LogP contribution in [0.1, 0.15) is 16.0 Å². The zero-order valence-electron chi connectivity index (χ0n) is 17.3. The molecule has 1 N–H and O–H groups in total. The number of aromatic nitrogens is 1. The van der Waals surface area contributed by atoms with Gasteiger partial charge in [-0.25, -0.2) is 9.98 Å². The van der Waals surface area contributed by atoms with Gasteiger partial charge in [-0.3, -0.25) is 9.36 Å². The van der Waals surface area contributed by atoms with E-state index < -0.39 is 0 Å². The van der Waals surface area contributed by atoms with E-state index in [0.29, 0.717) is 25.8 Å². The van der Waals surface area contributed by atoms with Gasteiger partial charge < -0.3 is 5.11 Å². The Morgan fingerprint density at radius 3 is 2.47 bits per heavy atom. The van der Waals surface area contributed by atoms with Gasteiger partial charge in [-0.2, -0.15) is 0 Å². The van der Waals surface area contributed by atoms with Crippen molar-refractivity contribution >= 4 is 44.4 Å². The lowest BCUT2D eigenvalue weighted by molar-refractivity contribution is -0.112. The summed E-state index contributed by atoms with van der Waals surface area (Å²) in [6.07, 6.45) is 0. The van der Waals surface area contributed by atoms with E-state index in [1.165, 1.54) is 11.3 Å². The summed E-state index contributed by atoms with van der Waals surface area (Å²) in [4.78, 5) is 22.9. The third-order valence-corrected chi connectivity index (χ3v) is 6.92. The third kappa shape index (κ3) is 3.43. The largest absolute Gasteiger partial charge is 0.493 e. The number of halogens is 1. The molecule has 5 nitrogen and oxygen atoms in total. The van der Waals surface area contributed by atoms with Gasteiger partial charge in [-0.05, 0) is 55.3 Å². The Morgan fingerprint density at radius 2 is 1.72 bits per heavy atom. The van der Waals surface area contributed by atoms with Crippen molar-refractivity contribution in [3.8, 4) is 11.6 Å². The lowest BCUT2D eigenvalue weighted by atomic mass is 10.1. The minimum atomic E-state index is -0.367. The number of fused-ring (bicyclic) bond motifs is 1. The Balaban J connectivity index is 1.88. The number of hydrogen-bond donors (Lipinski definition) is 1. The Morgan fingerprint density at radius 1 is 1.00 bits per heavy atom. The van der Waals surface area contributed by atoms with Crippen LogP contribution in [0.3, 0.4) is 0 Å². The topological polar surface area (TPSA) is 66.9 Å². The molecule has 0 aliphatic carbocycles. The molecule has 3 aromatic carbocycles. The van der Waals surface area contributed by atoms with Crippen LogP contribution < -0.4 is 15.4 Å². The van der Waals surface area contributed by atoms with Crippen molar-refractivity contribution in [1.82, 2.24) is 4.57 Å². The van der Waals surface area contributed by atoms with E-state index in [4.69, 9.17) is 4.99 Å². The summed E-state index contributed by atoms with van der Waals surface area (Å²) >= 11 is 4.75. The maximum atomic E-state index is 12.9. The Bertz CT molecular complexity index is 1600. The van der Waals surface area contributed by atoms with Crippen LogP contribution in [0.5, 0.6) is 5.88 Å². The molecule has 1 amide bonds. The van der Waals surface area contributed by atoms with E-state index >= 15 is 0 Å². The summed E-state index contributed by atoms with van der Waals surface area (Å²) < 4.78 is 2.55. The van der Waals surface area contributed by atoms with Crippen LogP contribution in [-0.4, -0.2) is 15.6 Å². The second kappa shape index (κ2) is 8.00. The predicted octanol–water partition coefficient (Wildman–Crippen LogP) is 4.21. The molecule has 0 fully saturated rings. The SMILES string of the molecule is Cc1ccccc1N=c1sc(C2=c3cc(Br)ccc3=NC2=O)c(O)n1-c1ccccc1C. The highest BCUT2D eigenvalue weighted by atomic mass is 79.9. The van der Waals surface area contributed by atoms with E-state index in [0.717, 1.165) is 27.0 Å². The number of nitrogens with zero attached hydrogens (tertiary/aromatic N) is 3. The fourth-order valence-corrected chi connectivity index (χ4v) is 5.19. The number of benzene rings is 3. The number of carbonyl (C=O) groups is 1. The fourth-order valence-electron chi connectivity index (χ4n) is 3.74. The number of hydrogen-bond acceptors (Lipinski definition) is 4. The summed E-state index contributed by atoms with van der Waals surface area (Å²) in [5.74, 6) is -0.392. The summed E-state index contributed by atoms with van der Waals surface area (Å²) in [5, 5.41) is 12.7. The first kappa shape index (κ1) is 20.6. The van der Waals surface area contributed by atoms with Gasteiger partial charge >= 0.3 is 0 Å². The second-order valence-electron chi connectivity index (χ2n) is 7.51. The van der Waals surface area contributed by atoms with Crippen LogP contribution in [0.15, 0.2) is 81.2 Å². The normalized spacial score (nSPS) is 13.4. The van der Waals surface area contributed by atoms with Crippen molar-refractivity contribution < 1.29 is 9.90 Å². The van der Waals surface area contributed by atoms with Gasteiger partial charge in [-0.1, -0.05) is 63.7 Å². The van der Waals surface area contributed by atoms with Gasteiger partial charge in [0.1, 0.15) is 4.88 Å². The number of amides is 1. The van der Waals surface area contributed by atoms with Gasteiger partial charge in [0.05, 0.1) is 22.3 Å². The molecule has 1 aliphatic heterocycles. The first-order valence-electron chi connectivity index (χ1n) is 9.98. The number of para-hydroxylation sites is 2. The smallest absolute Gasteiger partial charge is 0.279 e. The molecule has 158 valence electrons. The molecule has 0 spiro atoms. The van der Waals surface area contributed by atoms with Crippen LogP contribution in [0.25, 0.3) is 11.3 Å². The monoisotopic (exact) mass is 503 g/mol. The first-order valence-corrected chi connectivity index (χ1v) is 11.6. The minimum Gasteiger partial charge on any atom is -0.493 e. The highest BCUT2D eigenvalue weighted by Gasteiger charge is 2.26. The molecule has 5 rings (SSSR count). The number of aryl methyl sites for hydroxylation is 2. The Labute approximate surface area is 196 Å². The average molecular weight is 504 g/mol. The van der Waals surface area contributed by atoms with Gasteiger partial charge in [-0.15, -0.1) is 0 Å². The molecule has 32 heavy (non-hydrogen) atoms. The van der Waals surface area contributed by atoms with E-state index in [1.54, 1.807) is 10.6 Å². The summed E-state index contributed by atoms with van der Waals surface area (Å²) in [5.41, 5.74) is 3.99. The number of carbonyl (C=O) groups excluding carboxylic acids is 1. The Kier molecular flexibility index (Phi) is 5.15. The first-order chi connectivity index (χ1) is 15.4. The number of thiazole rings is 1. The highest BCUT2D eigenvalue weighted by Crippen LogP contribution is 2.32. The van der Waals surface area contributed by atoms with Crippen molar-refractivity contribution in [2.24, 2.45) is 9.98 Å². The van der Waals surface area contributed by atoms with Crippen LogP contribution in [0.2, 0.25) is 0 Å². The molecule has 1 aromatic heterocycles. The van der Waals surface area contributed by atoms with Crippen molar-refractivity contribution in [2.75, 3.05) is 0 Å². The van der Waals surface area contributed by atoms with Gasteiger partial charge in [0, 0.05) is 9.69 Å². The molecule has 2 heterocycles. The molecular formula is C25H18BrN3O2S. The van der Waals surface area contributed by atoms with E-state index in [9.17, 15) is 9.90 Å². The van der Waals surface area contributed by atoms with Gasteiger partial charge in [0.25, 0.3) is 5.91 Å². The number of aromatic hydroxyl groups is 1. The van der Waals surface area contributed by atoms with Crippen molar-refractivity contribution in [3.63, 3.8) is 0 Å². The average Bonchev–Trinajstić information content (AvgIpc) is 3.25. The van der Waals surface area contributed by atoms with Crippen LogP contribution in [0, 0.1) is 13.8 Å². The molecule has 0 atom stereocenters. The molecule has 1 aliphatic rings. The molecule has 0 unspecified atom stereocenters. The lowest BCUT2D eigenvalue weighted by Gasteiger charge is -2.09. The van der Waals surface area contributed by atoms with E-state index in [-0.39, 0.29) is 11.8 Å². The number of rotatable bonds is 3. The summed E-state index contributed by atoms with van der Waals surface area (Å²) in [6, 6.07) is 21.1. The summed E-state index contributed by atoms with van der Waals surface area (Å²) in [7, 11) is 0. The Hall–Kier alpha value is -3.29. The third-order valence-electron chi connectivity index (χ3n) is 5.38. The van der Waals surface area contributed by atoms with Crippen molar-refractivity contribution in [3.05, 3.63) is 103 Å². The molecule has 0 bridgehead atoms. The van der Waals surface area contributed by atoms with E-state index in [2.05, 4.69) is 20.9 Å². The quantitative estimate of drug-likeness (QED) is 0.454. The van der Waals surface area contributed by atoms with Gasteiger partial charge in [0.15, 0.2) is 4.80 Å². The minimum absolute atomic E-state index is 0.0250. The maximum absolute atomic E-state index is 12.9. The zero-order valence-corrected chi connectivity index (χ0v) is 19.7. The van der Waals surface area contributed by atoms with Gasteiger partial charge in [0.2, 0.25) is 5.88 Å². The van der Waals surface area contributed by atoms with Crippen LogP contribution in [0.4, 0.5) is 5.69 Å². The molecule has 4 aromatic rings. The van der Waals surface area contributed by atoms with Crippen molar-refractivity contribution in [1.29, 1.82) is 0 Å². The summed E-state index contributed by atoms with van der Waals surface area (Å²) in [6.45, 7) is 3.97. The van der Waals surface area contributed by atoms with Crippen molar-refractivity contribution in [2.45, 2.75) is 13.8 Å². The molecule has 0 saturated carbocycles. The van der Waals surface area contributed by atoms with Crippen LogP contribution in [-0.2, 0) is 4.79 Å². The second-order valence-corrected chi connectivity index (χ2v) is 9.40. The molecular weight excluding hydrogens is 486 g/mol. The van der Waals surface area contributed by atoms with E-state index in [1.807, 2.05) is 74.5 Å².